The second kappa shape index (κ2) is 5.41. The first-order chi connectivity index (χ1) is 8.69. The van der Waals surface area contributed by atoms with Crippen LogP contribution in [0.3, 0.4) is 0 Å². The van der Waals surface area contributed by atoms with Crippen LogP contribution in [0.2, 0.25) is 0 Å². The Hall–Kier alpha value is -2.22. The predicted octanol–water partition coefficient (Wildman–Crippen LogP) is 3.17. The summed E-state index contributed by atoms with van der Waals surface area (Å²) in [6.45, 7) is 3.75. The maximum Gasteiger partial charge on any atom is 0.0349 e. The molecule has 2 rings (SSSR count). The van der Waals surface area contributed by atoms with Crippen molar-refractivity contribution in [2.45, 2.75) is 12.8 Å². The molecule has 2 heteroatoms. The van der Waals surface area contributed by atoms with Crippen molar-refractivity contribution in [3.8, 4) is 0 Å². The first-order valence-electron chi connectivity index (χ1n) is 6.01. The molecular weight excluding hydrogens is 220 g/mol. The molecule has 0 spiro atoms. The van der Waals surface area contributed by atoms with Gasteiger partial charge in [-0.05, 0) is 47.7 Å². The molecule has 0 fully saturated rings. The number of anilines is 2. The van der Waals surface area contributed by atoms with Gasteiger partial charge in [0.1, 0.15) is 0 Å². The third-order valence-electron chi connectivity index (χ3n) is 2.96. The fourth-order valence-corrected chi connectivity index (χ4v) is 1.97. The quantitative estimate of drug-likeness (QED) is 0.635. The second-order valence-corrected chi connectivity index (χ2v) is 4.44. The fourth-order valence-electron chi connectivity index (χ4n) is 1.97. The Morgan fingerprint density at radius 2 is 1.61 bits per heavy atom. The SMILES string of the molecule is C=CCc1cc(Cc2ccc(N)cc2)ccc1N. The molecule has 0 saturated carbocycles. The van der Waals surface area contributed by atoms with Crippen LogP contribution in [-0.2, 0) is 12.8 Å². The molecule has 0 aromatic heterocycles. The van der Waals surface area contributed by atoms with Crippen LogP contribution in [0.25, 0.3) is 0 Å². The second-order valence-electron chi connectivity index (χ2n) is 4.44. The van der Waals surface area contributed by atoms with Crippen molar-refractivity contribution >= 4 is 11.4 Å². The molecule has 0 aliphatic heterocycles. The molecule has 92 valence electrons. The van der Waals surface area contributed by atoms with Gasteiger partial charge >= 0.3 is 0 Å². The summed E-state index contributed by atoms with van der Waals surface area (Å²) in [6.07, 6.45) is 3.57. The average molecular weight is 238 g/mol. The zero-order chi connectivity index (χ0) is 13.0. The fraction of sp³-hybridized carbons (Fsp3) is 0.125. The largest absolute Gasteiger partial charge is 0.399 e. The van der Waals surface area contributed by atoms with E-state index in [4.69, 9.17) is 11.5 Å². The minimum absolute atomic E-state index is 0.795. The van der Waals surface area contributed by atoms with Gasteiger partial charge in [-0.15, -0.1) is 6.58 Å². The van der Waals surface area contributed by atoms with Gasteiger partial charge in [0.2, 0.25) is 0 Å². The zero-order valence-corrected chi connectivity index (χ0v) is 10.4. The van der Waals surface area contributed by atoms with E-state index in [1.807, 2.05) is 24.3 Å². The van der Waals surface area contributed by atoms with E-state index in [2.05, 4.69) is 30.8 Å². The molecule has 0 heterocycles. The first-order valence-corrected chi connectivity index (χ1v) is 6.01. The summed E-state index contributed by atoms with van der Waals surface area (Å²) in [5, 5.41) is 0. The lowest BCUT2D eigenvalue weighted by Gasteiger charge is -2.07. The molecule has 2 aromatic rings. The number of rotatable bonds is 4. The maximum absolute atomic E-state index is 5.92. The Balaban J connectivity index is 2.21. The monoisotopic (exact) mass is 238 g/mol. The molecule has 0 amide bonds. The lowest BCUT2D eigenvalue weighted by Crippen LogP contribution is -1.96. The van der Waals surface area contributed by atoms with E-state index in [0.29, 0.717) is 0 Å². The molecule has 0 saturated heterocycles. The van der Waals surface area contributed by atoms with Crippen molar-refractivity contribution in [3.05, 3.63) is 71.8 Å². The lowest BCUT2D eigenvalue weighted by atomic mass is 10.0. The zero-order valence-electron chi connectivity index (χ0n) is 10.4. The highest BCUT2D eigenvalue weighted by atomic mass is 14.6. The number of nitrogens with two attached hydrogens (primary N) is 2. The number of benzene rings is 2. The number of nitrogen functional groups attached to an aromatic ring is 2. The molecule has 2 nitrogen and oxygen atoms in total. The van der Waals surface area contributed by atoms with Crippen molar-refractivity contribution in [2.24, 2.45) is 0 Å². The highest BCUT2D eigenvalue weighted by Gasteiger charge is 2.01. The van der Waals surface area contributed by atoms with Gasteiger partial charge in [-0.1, -0.05) is 30.3 Å². The maximum atomic E-state index is 5.92. The van der Waals surface area contributed by atoms with Crippen LogP contribution in [0.1, 0.15) is 16.7 Å². The van der Waals surface area contributed by atoms with Crippen molar-refractivity contribution in [1.82, 2.24) is 0 Å². The van der Waals surface area contributed by atoms with Gasteiger partial charge < -0.3 is 11.5 Å². The van der Waals surface area contributed by atoms with E-state index in [-0.39, 0.29) is 0 Å². The van der Waals surface area contributed by atoms with E-state index >= 15 is 0 Å². The molecule has 0 atom stereocenters. The summed E-state index contributed by atoms with van der Waals surface area (Å²) in [5.74, 6) is 0. The van der Waals surface area contributed by atoms with Crippen LogP contribution in [-0.4, -0.2) is 0 Å². The van der Waals surface area contributed by atoms with Gasteiger partial charge in [-0.3, -0.25) is 0 Å². The summed E-state index contributed by atoms with van der Waals surface area (Å²) in [5.41, 5.74) is 16.9. The lowest BCUT2D eigenvalue weighted by molar-refractivity contribution is 1.16. The molecule has 0 unspecified atom stereocenters. The minimum atomic E-state index is 0.795. The van der Waals surface area contributed by atoms with Crippen LogP contribution in [0.4, 0.5) is 11.4 Å². The number of hydrogen-bond donors (Lipinski definition) is 2. The van der Waals surface area contributed by atoms with Crippen molar-refractivity contribution < 1.29 is 0 Å². The molecule has 4 N–H and O–H groups in total. The first kappa shape index (κ1) is 12.2. The van der Waals surface area contributed by atoms with E-state index in [0.717, 1.165) is 29.8 Å². The van der Waals surface area contributed by atoms with Crippen LogP contribution >= 0.6 is 0 Å². The highest BCUT2D eigenvalue weighted by Crippen LogP contribution is 2.18. The summed E-state index contributed by atoms with van der Waals surface area (Å²) in [4.78, 5) is 0. The summed E-state index contributed by atoms with van der Waals surface area (Å²) < 4.78 is 0. The summed E-state index contributed by atoms with van der Waals surface area (Å²) in [7, 11) is 0. The summed E-state index contributed by atoms with van der Waals surface area (Å²) in [6, 6.07) is 14.1. The summed E-state index contributed by atoms with van der Waals surface area (Å²) >= 11 is 0. The van der Waals surface area contributed by atoms with Crippen LogP contribution in [0.15, 0.2) is 55.1 Å². The van der Waals surface area contributed by atoms with E-state index < -0.39 is 0 Å². The topological polar surface area (TPSA) is 52.0 Å². The molecule has 0 aliphatic rings. The molecule has 0 radical (unpaired) electrons. The third kappa shape index (κ3) is 2.92. The third-order valence-corrected chi connectivity index (χ3v) is 2.96. The Bertz CT molecular complexity index is 542. The molecular formula is C16H18N2. The van der Waals surface area contributed by atoms with Gasteiger partial charge in [-0.25, -0.2) is 0 Å². The van der Waals surface area contributed by atoms with Gasteiger partial charge in [0, 0.05) is 11.4 Å². The van der Waals surface area contributed by atoms with E-state index in [1.165, 1.54) is 11.1 Å². The molecule has 0 aliphatic carbocycles. The average Bonchev–Trinajstić information content (AvgIpc) is 2.37. The predicted molar refractivity (Wildman–Crippen MR) is 78.4 cm³/mol. The number of hydrogen-bond acceptors (Lipinski definition) is 2. The molecule has 18 heavy (non-hydrogen) atoms. The van der Waals surface area contributed by atoms with Gasteiger partial charge in [0.25, 0.3) is 0 Å². The van der Waals surface area contributed by atoms with E-state index in [9.17, 15) is 0 Å². The van der Waals surface area contributed by atoms with Crippen LogP contribution in [0.5, 0.6) is 0 Å². The standard InChI is InChI=1S/C16H18N2/c1-2-3-14-11-13(6-9-16(14)18)10-12-4-7-15(17)8-5-12/h2,4-9,11H,1,3,10,17-18H2. The number of allylic oxidation sites excluding steroid dienone is 1. The molecule has 0 bridgehead atoms. The Kier molecular flexibility index (Phi) is 3.68. The Labute approximate surface area is 108 Å². The smallest absolute Gasteiger partial charge is 0.0349 e. The van der Waals surface area contributed by atoms with E-state index in [1.54, 1.807) is 0 Å². The van der Waals surface area contributed by atoms with Crippen molar-refractivity contribution in [2.75, 3.05) is 11.5 Å². The van der Waals surface area contributed by atoms with Gasteiger partial charge in [-0.2, -0.15) is 0 Å². The van der Waals surface area contributed by atoms with Crippen LogP contribution in [0, 0.1) is 0 Å². The minimum Gasteiger partial charge on any atom is -0.399 e. The van der Waals surface area contributed by atoms with Crippen LogP contribution < -0.4 is 11.5 Å². The normalized spacial score (nSPS) is 10.2. The Morgan fingerprint density at radius 1 is 0.944 bits per heavy atom. The van der Waals surface area contributed by atoms with Crippen molar-refractivity contribution in [3.63, 3.8) is 0 Å². The highest BCUT2D eigenvalue weighted by molar-refractivity contribution is 5.50. The molecule has 2 aromatic carbocycles. The van der Waals surface area contributed by atoms with Gasteiger partial charge in [0.15, 0.2) is 0 Å². The van der Waals surface area contributed by atoms with Gasteiger partial charge in [0.05, 0.1) is 0 Å². The Morgan fingerprint density at radius 3 is 2.28 bits per heavy atom. The van der Waals surface area contributed by atoms with Crippen molar-refractivity contribution in [1.29, 1.82) is 0 Å².